The summed E-state index contributed by atoms with van der Waals surface area (Å²) in [6.07, 6.45) is 0. The maximum atomic E-state index is 12.8. The largest absolute Gasteiger partial charge is 0.288 e. The van der Waals surface area contributed by atoms with Crippen LogP contribution < -0.4 is 0 Å². The summed E-state index contributed by atoms with van der Waals surface area (Å²) in [6.45, 7) is 6.35. The zero-order valence-corrected chi connectivity index (χ0v) is 11.5. The van der Waals surface area contributed by atoms with Gasteiger partial charge in [-0.3, -0.25) is 4.79 Å². The lowest BCUT2D eigenvalue weighted by Crippen LogP contribution is -2.07. The molecule has 0 fully saturated rings. The molecule has 0 amide bonds. The molecule has 1 nitrogen and oxygen atoms in total. The molecule has 0 aliphatic carbocycles. The van der Waals surface area contributed by atoms with Gasteiger partial charge in [-0.05, 0) is 41.8 Å². The van der Waals surface area contributed by atoms with Gasteiger partial charge in [0.2, 0.25) is 5.78 Å². The highest BCUT2D eigenvalue weighted by Crippen LogP contribution is 2.30. The van der Waals surface area contributed by atoms with Gasteiger partial charge in [0.1, 0.15) is 5.82 Å². The predicted molar refractivity (Wildman–Crippen MR) is 72.9 cm³/mol. The third-order valence-corrected chi connectivity index (χ3v) is 4.19. The van der Waals surface area contributed by atoms with Crippen molar-refractivity contribution in [3.63, 3.8) is 0 Å². The third kappa shape index (κ3) is 2.67. The second-order valence-electron chi connectivity index (χ2n) is 5.25. The Morgan fingerprint density at radius 2 is 1.67 bits per heavy atom. The minimum absolute atomic E-state index is 0.0458. The molecule has 1 aromatic carbocycles. The van der Waals surface area contributed by atoms with Crippen LogP contribution in [-0.4, -0.2) is 5.78 Å². The minimum atomic E-state index is -0.326. The number of benzene rings is 1. The summed E-state index contributed by atoms with van der Waals surface area (Å²) in [4.78, 5) is 14.1. The van der Waals surface area contributed by atoms with Gasteiger partial charge in [0.15, 0.2) is 0 Å². The van der Waals surface area contributed by atoms with Crippen LogP contribution in [0.1, 0.15) is 40.9 Å². The zero-order valence-electron chi connectivity index (χ0n) is 10.7. The molecular weight excluding hydrogens is 247 g/mol. The number of hydrogen-bond acceptors (Lipinski definition) is 2. The highest BCUT2D eigenvalue weighted by molar-refractivity contribution is 7.14. The van der Waals surface area contributed by atoms with Crippen molar-refractivity contribution in [2.24, 2.45) is 0 Å². The molecule has 0 saturated heterocycles. The molecule has 0 saturated carbocycles. The Morgan fingerprint density at radius 1 is 1.06 bits per heavy atom. The van der Waals surface area contributed by atoms with Crippen molar-refractivity contribution < 1.29 is 9.18 Å². The van der Waals surface area contributed by atoms with E-state index in [9.17, 15) is 9.18 Å². The van der Waals surface area contributed by atoms with Gasteiger partial charge in [0.25, 0.3) is 0 Å². The fourth-order valence-corrected chi connectivity index (χ4v) is 2.63. The van der Waals surface area contributed by atoms with E-state index in [0.29, 0.717) is 10.4 Å². The molecule has 0 bridgehead atoms. The van der Waals surface area contributed by atoms with E-state index in [1.807, 2.05) is 12.1 Å². The molecule has 94 valence electrons. The van der Waals surface area contributed by atoms with Crippen LogP contribution >= 0.6 is 11.3 Å². The van der Waals surface area contributed by atoms with Crippen molar-refractivity contribution in [3.05, 3.63) is 57.5 Å². The molecule has 1 heterocycles. The van der Waals surface area contributed by atoms with E-state index in [0.717, 1.165) is 0 Å². The fraction of sp³-hybridized carbons (Fsp3) is 0.267. The molecule has 2 aromatic rings. The van der Waals surface area contributed by atoms with Crippen molar-refractivity contribution in [1.29, 1.82) is 0 Å². The average molecular weight is 262 g/mol. The van der Waals surface area contributed by atoms with E-state index in [1.165, 1.54) is 40.5 Å². The van der Waals surface area contributed by atoms with E-state index in [4.69, 9.17) is 0 Å². The highest BCUT2D eigenvalue weighted by atomic mass is 32.1. The molecule has 0 spiro atoms. The number of carbonyl (C=O) groups excluding carboxylic acids is 1. The van der Waals surface area contributed by atoms with Crippen molar-refractivity contribution in [2.75, 3.05) is 0 Å². The first-order valence-corrected chi connectivity index (χ1v) is 6.60. The molecule has 2 rings (SSSR count). The number of hydrogen-bond donors (Lipinski definition) is 0. The molecule has 0 aliphatic heterocycles. The van der Waals surface area contributed by atoms with E-state index in [2.05, 4.69) is 20.8 Å². The summed E-state index contributed by atoms with van der Waals surface area (Å²) < 4.78 is 12.8. The summed E-state index contributed by atoms with van der Waals surface area (Å²) in [5.74, 6) is -0.372. The first-order chi connectivity index (χ1) is 8.38. The van der Waals surface area contributed by atoms with E-state index in [1.54, 1.807) is 0 Å². The maximum absolute atomic E-state index is 12.8. The first kappa shape index (κ1) is 13.0. The van der Waals surface area contributed by atoms with Crippen molar-refractivity contribution in [3.8, 4) is 0 Å². The number of ketones is 1. The van der Waals surface area contributed by atoms with Gasteiger partial charge in [0.05, 0.1) is 4.88 Å². The van der Waals surface area contributed by atoms with Crippen LogP contribution in [0.3, 0.4) is 0 Å². The summed E-state index contributed by atoms with van der Waals surface area (Å²) >= 11 is 1.50. The molecule has 0 aliphatic rings. The van der Waals surface area contributed by atoms with Crippen LogP contribution in [0.15, 0.2) is 36.4 Å². The number of rotatable bonds is 2. The van der Waals surface area contributed by atoms with Gasteiger partial charge in [-0.25, -0.2) is 4.39 Å². The highest BCUT2D eigenvalue weighted by Gasteiger charge is 2.19. The lowest BCUT2D eigenvalue weighted by molar-refractivity contribution is 0.104. The van der Waals surface area contributed by atoms with Crippen molar-refractivity contribution in [1.82, 2.24) is 0 Å². The molecular formula is C15H15FOS. The Kier molecular flexibility index (Phi) is 3.35. The van der Waals surface area contributed by atoms with Gasteiger partial charge < -0.3 is 0 Å². The topological polar surface area (TPSA) is 17.1 Å². The van der Waals surface area contributed by atoms with Gasteiger partial charge in [-0.1, -0.05) is 20.8 Å². The monoisotopic (exact) mass is 262 g/mol. The van der Waals surface area contributed by atoms with Crippen LogP contribution in [-0.2, 0) is 5.41 Å². The SMILES string of the molecule is CC(C)(C)c1ccc(C(=O)c2ccc(F)cc2)s1. The zero-order chi connectivity index (χ0) is 13.3. The van der Waals surface area contributed by atoms with E-state index >= 15 is 0 Å². The molecule has 0 atom stereocenters. The molecule has 1 aromatic heterocycles. The molecule has 0 unspecified atom stereocenters. The molecule has 18 heavy (non-hydrogen) atoms. The Morgan fingerprint density at radius 3 is 2.17 bits per heavy atom. The van der Waals surface area contributed by atoms with Crippen molar-refractivity contribution in [2.45, 2.75) is 26.2 Å². The summed E-state index contributed by atoms with van der Waals surface area (Å²) in [5.41, 5.74) is 0.574. The summed E-state index contributed by atoms with van der Waals surface area (Å²) in [7, 11) is 0. The standard InChI is InChI=1S/C15H15FOS/c1-15(2,3)13-9-8-12(18-13)14(17)10-4-6-11(16)7-5-10/h4-9H,1-3H3. The first-order valence-electron chi connectivity index (χ1n) is 5.78. The van der Waals surface area contributed by atoms with Gasteiger partial charge in [0, 0.05) is 10.4 Å². The average Bonchev–Trinajstić information content (AvgIpc) is 2.78. The van der Waals surface area contributed by atoms with E-state index < -0.39 is 0 Å². The lowest BCUT2D eigenvalue weighted by atomic mass is 9.95. The lowest BCUT2D eigenvalue weighted by Gasteiger charge is -2.15. The molecule has 3 heteroatoms. The predicted octanol–water partition coefficient (Wildman–Crippen LogP) is 4.42. The number of thiophene rings is 1. The molecule has 0 N–H and O–H groups in total. The Balaban J connectivity index is 2.29. The van der Waals surface area contributed by atoms with Crippen LogP contribution in [0.2, 0.25) is 0 Å². The Labute approximate surface area is 110 Å². The van der Waals surface area contributed by atoms with Crippen molar-refractivity contribution >= 4 is 17.1 Å². The van der Waals surface area contributed by atoms with Crippen LogP contribution in [0.25, 0.3) is 0 Å². The quantitative estimate of drug-likeness (QED) is 0.732. The van der Waals surface area contributed by atoms with Crippen LogP contribution in [0, 0.1) is 5.82 Å². The maximum Gasteiger partial charge on any atom is 0.202 e. The second-order valence-corrected chi connectivity index (χ2v) is 6.33. The van der Waals surface area contributed by atoms with Gasteiger partial charge >= 0.3 is 0 Å². The third-order valence-electron chi connectivity index (χ3n) is 2.68. The number of carbonyl (C=O) groups is 1. The normalized spacial score (nSPS) is 11.6. The summed E-state index contributed by atoms with van der Waals surface area (Å²) in [6, 6.07) is 9.50. The fourth-order valence-electron chi connectivity index (χ4n) is 1.61. The van der Waals surface area contributed by atoms with Crippen LogP contribution in [0.5, 0.6) is 0 Å². The van der Waals surface area contributed by atoms with Gasteiger partial charge in [-0.2, -0.15) is 0 Å². The van der Waals surface area contributed by atoms with Crippen LogP contribution in [0.4, 0.5) is 4.39 Å². The number of halogens is 1. The van der Waals surface area contributed by atoms with E-state index in [-0.39, 0.29) is 17.0 Å². The smallest absolute Gasteiger partial charge is 0.202 e. The summed E-state index contributed by atoms with van der Waals surface area (Å²) in [5, 5.41) is 0. The Bertz CT molecular complexity index is 561. The Hall–Kier alpha value is -1.48. The second kappa shape index (κ2) is 4.65. The molecule has 0 radical (unpaired) electrons. The minimum Gasteiger partial charge on any atom is -0.288 e. The van der Waals surface area contributed by atoms with Gasteiger partial charge in [-0.15, -0.1) is 11.3 Å².